The van der Waals surface area contributed by atoms with E-state index >= 15 is 0 Å². The Bertz CT molecular complexity index is 416. The monoisotopic (exact) mass is 314 g/mol. The topological polar surface area (TPSA) is 87.7 Å². The van der Waals surface area contributed by atoms with Gasteiger partial charge in [-0.05, 0) is 44.1 Å². The van der Waals surface area contributed by atoms with Crippen molar-refractivity contribution in [1.29, 1.82) is 0 Å². The Labute approximate surface area is 128 Å². The SMILES string of the molecule is O=C(O)CCNC(=O)C1CC2NCCC(C3CC3)C2OS1. The maximum absolute atomic E-state index is 12.0. The Hall–Kier alpha value is -0.790. The van der Waals surface area contributed by atoms with Crippen LogP contribution in [-0.4, -0.2) is 47.5 Å². The quantitative estimate of drug-likeness (QED) is 0.650. The molecule has 118 valence electrons. The van der Waals surface area contributed by atoms with Gasteiger partial charge in [0.1, 0.15) is 5.25 Å². The molecule has 7 heteroatoms. The Morgan fingerprint density at radius 1 is 1.33 bits per heavy atom. The molecular weight excluding hydrogens is 292 g/mol. The molecule has 0 spiro atoms. The van der Waals surface area contributed by atoms with Gasteiger partial charge in [0.15, 0.2) is 0 Å². The highest BCUT2D eigenvalue weighted by Crippen LogP contribution is 2.46. The first kappa shape index (κ1) is 15.1. The minimum atomic E-state index is -0.899. The van der Waals surface area contributed by atoms with Crippen LogP contribution in [0.15, 0.2) is 0 Å². The van der Waals surface area contributed by atoms with Gasteiger partial charge in [-0.2, -0.15) is 0 Å². The van der Waals surface area contributed by atoms with Crippen LogP contribution in [0, 0.1) is 11.8 Å². The fourth-order valence-corrected chi connectivity index (χ4v) is 4.35. The fourth-order valence-electron chi connectivity index (χ4n) is 3.36. The standard InChI is InChI=1S/C14H22N2O4S/c17-12(18)4-6-16-14(19)11-7-10-13(20-21-11)9(3-5-15-10)8-1-2-8/h8-11,13,15H,1-7H2,(H,16,19)(H,17,18). The van der Waals surface area contributed by atoms with E-state index in [0.29, 0.717) is 5.92 Å². The van der Waals surface area contributed by atoms with E-state index in [0.717, 1.165) is 18.9 Å². The third-order valence-electron chi connectivity index (χ3n) is 4.61. The highest BCUT2D eigenvalue weighted by Gasteiger charge is 2.46. The zero-order valence-corrected chi connectivity index (χ0v) is 12.7. The molecule has 2 saturated heterocycles. The van der Waals surface area contributed by atoms with E-state index in [1.54, 1.807) is 0 Å². The van der Waals surface area contributed by atoms with Gasteiger partial charge in [0, 0.05) is 24.6 Å². The first-order chi connectivity index (χ1) is 10.1. The summed E-state index contributed by atoms with van der Waals surface area (Å²) in [4.78, 5) is 22.5. The lowest BCUT2D eigenvalue weighted by molar-refractivity contribution is -0.136. The molecule has 0 radical (unpaired) electrons. The van der Waals surface area contributed by atoms with Gasteiger partial charge in [-0.25, -0.2) is 0 Å². The smallest absolute Gasteiger partial charge is 0.305 e. The number of hydrogen-bond donors (Lipinski definition) is 3. The van der Waals surface area contributed by atoms with Crippen molar-refractivity contribution in [1.82, 2.24) is 10.6 Å². The molecule has 0 aromatic heterocycles. The van der Waals surface area contributed by atoms with Gasteiger partial charge in [-0.1, -0.05) is 0 Å². The van der Waals surface area contributed by atoms with Crippen LogP contribution in [-0.2, 0) is 13.8 Å². The summed E-state index contributed by atoms with van der Waals surface area (Å²) in [6.07, 6.45) is 4.75. The van der Waals surface area contributed by atoms with Crippen LogP contribution in [0.1, 0.15) is 32.1 Å². The minimum Gasteiger partial charge on any atom is -0.481 e. The van der Waals surface area contributed by atoms with Crippen molar-refractivity contribution < 1.29 is 18.9 Å². The van der Waals surface area contributed by atoms with E-state index in [4.69, 9.17) is 9.29 Å². The Kier molecular flexibility index (Phi) is 4.71. The number of carboxylic acids is 1. The molecule has 3 aliphatic rings. The predicted octanol–water partition coefficient (Wildman–Crippen LogP) is 0.771. The second-order valence-corrected chi connectivity index (χ2v) is 7.12. The first-order valence-electron chi connectivity index (χ1n) is 7.70. The van der Waals surface area contributed by atoms with Crippen molar-refractivity contribution in [3.8, 4) is 0 Å². The third kappa shape index (κ3) is 3.70. The average molecular weight is 314 g/mol. The number of carboxylic acid groups (broad SMARTS) is 1. The molecule has 1 amide bonds. The number of rotatable bonds is 5. The van der Waals surface area contributed by atoms with Gasteiger partial charge >= 0.3 is 5.97 Å². The van der Waals surface area contributed by atoms with E-state index in [-0.39, 0.29) is 36.3 Å². The molecule has 4 unspecified atom stereocenters. The van der Waals surface area contributed by atoms with Crippen molar-refractivity contribution >= 4 is 23.9 Å². The van der Waals surface area contributed by atoms with Crippen molar-refractivity contribution in [2.45, 2.75) is 49.5 Å². The number of piperidine rings is 1. The van der Waals surface area contributed by atoms with Crippen molar-refractivity contribution in [2.75, 3.05) is 13.1 Å². The summed E-state index contributed by atoms with van der Waals surface area (Å²) in [7, 11) is 0. The van der Waals surface area contributed by atoms with E-state index < -0.39 is 5.97 Å². The Balaban J connectivity index is 1.49. The number of carbonyl (C=O) groups is 2. The molecule has 3 N–H and O–H groups in total. The number of amides is 1. The molecule has 3 rings (SSSR count). The maximum atomic E-state index is 12.0. The third-order valence-corrected chi connectivity index (χ3v) is 5.58. The first-order valence-corrected chi connectivity index (χ1v) is 8.50. The van der Waals surface area contributed by atoms with Crippen LogP contribution in [0.25, 0.3) is 0 Å². The number of carbonyl (C=O) groups excluding carboxylic acids is 1. The van der Waals surface area contributed by atoms with Gasteiger partial charge in [0.05, 0.1) is 12.5 Å². The summed E-state index contributed by atoms with van der Waals surface area (Å²) in [5.41, 5.74) is 0. The molecule has 21 heavy (non-hydrogen) atoms. The average Bonchev–Trinajstić information content (AvgIpc) is 3.30. The van der Waals surface area contributed by atoms with Gasteiger partial charge in [0.2, 0.25) is 5.91 Å². The Morgan fingerprint density at radius 2 is 2.14 bits per heavy atom. The van der Waals surface area contributed by atoms with Gasteiger partial charge in [-0.3, -0.25) is 9.59 Å². The highest BCUT2D eigenvalue weighted by atomic mass is 32.2. The molecule has 1 aliphatic carbocycles. The highest BCUT2D eigenvalue weighted by molar-refractivity contribution is 7.96. The summed E-state index contributed by atoms with van der Waals surface area (Å²) >= 11 is 1.27. The van der Waals surface area contributed by atoms with E-state index in [2.05, 4.69) is 10.6 Å². The second kappa shape index (κ2) is 6.54. The normalized spacial score (nSPS) is 35.8. The van der Waals surface area contributed by atoms with Gasteiger partial charge in [0.25, 0.3) is 0 Å². The summed E-state index contributed by atoms with van der Waals surface area (Å²) < 4.78 is 5.93. The number of fused-ring (bicyclic) bond motifs is 1. The zero-order valence-electron chi connectivity index (χ0n) is 11.9. The van der Waals surface area contributed by atoms with Crippen LogP contribution >= 0.6 is 12.0 Å². The molecule has 3 fully saturated rings. The summed E-state index contributed by atoms with van der Waals surface area (Å²) in [6, 6.07) is 0.251. The molecule has 2 heterocycles. The fraction of sp³-hybridized carbons (Fsp3) is 0.857. The van der Waals surface area contributed by atoms with Crippen LogP contribution in [0.2, 0.25) is 0 Å². The van der Waals surface area contributed by atoms with Gasteiger partial charge in [-0.15, -0.1) is 0 Å². The molecule has 0 aromatic carbocycles. The summed E-state index contributed by atoms with van der Waals surface area (Å²) in [5.74, 6) is 0.445. The number of nitrogens with one attached hydrogen (secondary N) is 2. The van der Waals surface area contributed by atoms with Crippen molar-refractivity contribution in [3.63, 3.8) is 0 Å². The van der Waals surface area contributed by atoms with E-state index in [1.807, 2.05) is 0 Å². The summed E-state index contributed by atoms with van der Waals surface area (Å²) in [5, 5.41) is 14.5. The van der Waals surface area contributed by atoms with Crippen LogP contribution in [0.5, 0.6) is 0 Å². The van der Waals surface area contributed by atoms with Gasteiger partial charge < -0.3 is 19.9 Å². The molecule has 1 saturated carbocycles. The van der Waals surface area contributed by atoms with Crippen LogP contribution < -0.4 is 10.6 Å². The van der Waals surface area contributed by atoms with E-state index in [1.165, 1.54) is 31.3 Å². The van der Waals surface area contributed by atoms with Crippen LogP contribution in [0.4, 0.5) is 0 Å². The lowest BCUT2D eigenvalue weighted by Gasteiger charge is -2.43. The zero-order chi connectivity index (χ0) is 14.8. The molecule has 6 nitrogen and oxygen atoms in total. The van der Waals surface area contributed by atoms with Crippen LogP contribution in [0.3, 0.4) is 0 Å². The maximum Gasteiger partial charge on any atom is 0.305 e. The second-order valence-electron chi connectivity index (χ2n) is 6.17. The molecule has 4 atom stereocenters. The lowest BCUT2D eigenvalue weighted by Crippen LogP contribution is -2.55. The van der Waals surface area contributed by atoms with Crippen molar-refractivity contribution in [2.24, 2.45) is 11.8 Å². The molecule has 2 aliphatic heterocycles. The van der Waals surface area contributed by atoms with E-state index in [9.17, 15) is 9.59 Å². The number of hydrogen-bond acceptors (Lipinski definition) is 5. The summed E-state index contributed by atoms with van der Waals surface area (Å²) in [6.45, 7) is 1.18. The predicted molar refractivity (Wildman–Crippen MR) is 78.8 cm³/mol. The lowest BCUT2D eigenvalue weighted by atomic mass is 9.83. The molecule has 0 aromatic rings. The largest absolute Gasteiger partial charge is 0.481 e. The molecular formula is C14H22N2O4S. The Morgan fingerprint density at radius 3 is 2.86 bits per heavy atom. The molecule has 0 bridgehead atoms. The van der Waals surface area contributed by atoms with Crippen molar-refractivity contribution in [3.05, 3.63) is 0 Å². The number of aliphatic carboxylic acids is 1. The minimum absolute atomic E-state index is 0.0436.